The smallest absolute Gasteiger partial charge is 0.273 e. The minimum absolute atomic E-state index is 0.106. The first-order chi connectivity index (χ1) is 9.17. The zero-order chi connectivity index (χ0) is 13.4. The molecule has 1 aromatic heterocycles. The molecular formula is C14H21N3O2. The second kappa shape index (κ2) is 4.96. The maximum absolute atomic E-state index is 12.1. The van der Waals surface area contributed by atoms with Crippen molar-refractivity contribution in [1.82, 2.24) is 15.4 Å². The molecule has 5 heteroatoms. The van der Waals surface area contributed by atoms with Crippen LogP contribution in [0.3, 0.4) is 0 Å². The van der Waals surface area contributed by atoms with Crippen molar-refractivity contribution in [2.75, 3.05) is 19.6 Å². The van der Waals surface area contributed by atoms with Gasteiger partial charge in [0.25, 0.3) is 5.91 Å². The molecule has 2 fully saturated rings. The highest BCUT2D eigenvalue weighted by Crippen LogP contribution is 2.40. The molecule has 2 unspecified atom stereocenters. The van der Waals surface area contributed by atoms with E-state index in [0.29, 0.717) is 17.5 Å². The van der Waals surface area contributed by atoms with Gasteiger partial charge in [0.1, 0.15) is 5.76 Å². The molecule has 0 spiro atoms. The summed E-state index contributed by atoms with van der Waals surface area (Å²) in [5.74, 6) is 1.74. The van der Waals surface area contributed by atoms with E-state index in [1.54, 1.807) is 6.07 Å². The first-order valence-electron chi connectivity index (χ1n) is 7.17. The lowest BCUT2D eigenvalue weighted by atomic mass is 10.1. The van der Waals surface area contributed by atoms with Gasteiger partial charge in [-0.2, -0.15) is 0 Å². The third-order valence-corrected chi connectivity index (χ3v) is 4.19. The number of likely N-dealkylation sites (N-methyl/N-ethyl adjacent to an activating group) is 1. The van der Waals surface area contributed by atoms with Crippen LogP contribution in [0.15, 0.2) is 10.6 Å². The molecule has 1 N–H and O–H groups in total. The van der Waals surface area contributed by atoms with Gasteiger partial charge in [0.15, 0.2) is 5.69 Å². The molecule has 2 heterocycles. The summed E-state index contributed by atoms with van der Waals surface area (Å²) in [6, 6.07) is 2.01. The third-order valence-electron chi connectivity index (χ3n) is 4.19. The fraction of sp³-hybridized carbons (Fsp3) is 0.714. The van der Waals surface area contributed by atoms with Gasteiger partial charge in [0.2, 0.25) is 0 Å². The van der Waals surface area contributed by atoms with Crippen LogP contribution in [0.4, 0.5) is 0 Å². The summed E-state index contributed by atoms with van der Waals surface area (Å²) in [5, 5.41) is 6.96. The molecule has 1 saturated heterocycles. The van der Waals surface area contributed by atoms with Gasteiger partial charge in [-0.1, -0.05) is 19.0 Å². The van der Waals surface area contributed by atoms with Crippen LogP contribution in [0.5, 0.6) is 0 Å². The summed E-state index contributed by atoms with van der Waals surface area (Å²) >= 11 is 0. The molecule has 2 aliphatic rings. The van der Waals surface area contributed by atoms with Crippen LogP contribution in [0.25, 0.3) is 0 Å². The lowest BCUT2D eigenvalue weighted by Crippen LogP contribution is -2.40. The molecule has 104 valence electrons. The zero-order valence-corrected chi connectivity index (χ0v) is 11.6. The molecule has 1 aromatic rings. The van der Waals surface area contributed by atoms with Crippen LogP contribution >= 0.6 is 0 Å². The molecule has 0 radical (unpaired) electrons. The van der Waals surface area contributed by atoms with Gasteiger partial charge in [-0.05, 0) is 25.3 Å². The number of nitrogens with one attached hydrogen (secondary N) is 1. The van der Waals surface area contributed by atoms with Crippen LogP contribution in [0, 0.1) is 5.92 Å². The Morgan fingerprint density at radius 1 is 1.53 bits per heavy atom. The fourth-order valence-electron chi connectivity index (χ4n) is 2.71. The highest BCUT2D eigenvalue weighted by Gasteiger charge is 2.32. The van der Waals surface area contributed by atoms with Crippen molar-refractivity contribution in [3.63, 3.8) is 0 Å². The number of amides is 1. The molecule has 19 heavy (non-hydrogen) atoms. The average Bonchev–Trinajstić information content (AvgIpc) is 3.02. The molecule has 1 aliphatic heterocycles. The van der Waals surface area contributed by atoms with E-state index in [-0.39, 0.29) is 11.9 Å². The summed E-state index contributed by atoms with van der Waals surface area (Å²) in [5.41, 5.74) is 0.420. The van der Waals surface area contributed by atoms with Crippen molar-refractivity contribution in [2.45, 2.75) is 38.6 Å². The number of nitrogens with zero attached hydrogens (tertiary/aromatic N) is 2. The molecule has 0 bridgehead atoms. The van der Waals surface area contributed by atoms with E-state index in [9.17, 15) is 4.79 Å². The number of aromatic nitrogens is 1. The van der Waals surface area contributed by atoms with Gasteiger partial charge in [0.05, 0.1) is 0 Å². The molecule has 0 aromatic carbocycles. The lowest BCUT2D eigenvalue weighted by molar-refractivity contribution is 0.0922. The summed E-state index contributed by atoms with van der Waals surface area (Å²) in [6.07, 6.45) is 2.31. The quantitative estimate of drug-likeness (QED) is 0.897. The monoisotopic (exact) mass is 263 g/mol. The van der Waals surface area contributed by atoms with Crippen LogP contribution in [-0.2, 0) is 0 Å². The average molecular weight is 263 g/mol. The fourth-order valence-corrected chi connectivity index (χ4v) is 2.71. The Bertz CT molecular complexity index is 467. The topological polar surface area (TPSA) is 58.4 Å². The van der Waals surface area contributed by atoms with Crippen molar-refractivity contribution in [1.29, 1.82) is 0 Å². The number of rotatable bonds is 4. The van der Waals surface area contributed by atoms with E-state index in [2.05, 4.69) is 29.2 Å². The predicted molar refractivity (Wildman–Crippen MR) is 71.0 cm³/mol. The molecule has 1 aliphatic carbocycles. The number of carbonyl (C=O) groups excluding carboxylic acids is 1. The molecular weight excluding hydrogens is 242 g/mol. The summed E-state index contributed by atoms with van der Waals surface area (Å²) in [7, 11) is 0. The zero-order valence-electron chi connectivity index (χ0n) is 11.6. The Morgan fingerprint density at radius 2 is 2.32 bits per heavy atom. The van der Waals surface area contributed by atoms with E-state index in [4.69, 9.17) is 4.52 Å². The van der Waals surface area contributed by atoms with Gasteiger partial charge < -0.3 is 14.7 Å². The Kier molecular flexibility index (Phi) is 3.31. The summed E-state index contributed by atoms with van der Waals surface area (Å²) in [4.78, 5) is 14.5. The van der Waals surface area contributed by atoms with Gasteiger partial charge in [-0.3, -0.25) is 4.79 Å². The van der Waals surface area contributed by atoms with Crippen LogP contribution in [0.1, 0.15) is 48.9 Å². The molecule has 5 nitrogen and oxygen atoms in total. The Morgan fingerprint density at radius 3 is 2.95 bits per heavy atom. The second-order valence-electron chi connectivity index (χ2n) is 5.80. The minimum Gasteiger partial charge on any atom is -0.360 e. The largest absolute Gasteiger partial charge is 0.360 e. The lowest BCUT2D eigenvalue weighted by Gasteiger charge is -2.15. The number of likely N-dealkylation sites (tertiary alicyclic amines) is 1. The number of carbonyl (C=O) groups is 1. The van der Waals surface area contributed by atoms with Crippen molar-refractivity contribution in [2.24, 2.45) is 5.92 Å². The summed E-state index contributed by atoms with van der Waals surface area (Å²) < 4.78 is 5.22. The van der Waals surface area contributed by atoms with E-state index in [1.807, 2.05) is 0 Å². The van der Waals surface area contributed by atoms with Crippen molar-refractivity contribution < 1.29 is 9.32 Å². The number of hydrogen-bond donors (Lipinski definition) is 1. The van der Waals surface area contributed by atoms with Gasteiger partial charge >= 0.3 is 0 Å². The Balaban J connectivity index is 1.60. The van der Waals surface area contributed by atoms with Crippen LogP contribution in [0.2, 0.25) is 0 Å². The van der Waals surface area contributed by atoms with E-state index < -0.39 is 0 Å². The molecule has 1 amide bonds. The van der Waals surface area contributed by atoms with E-state index in [0.717, 1.165) is 38.2 Å². The van der Waals surface area contributed by atoms with Crippen molar-refractivity contribution in [3.8, 4) is 0 Å². The van der Waals surface area contributed by atoms with Crippen LogP contribution in [-0.4, -0.2) is 41.6 Å². The van der Waals surface area contributed by atoms with Gasteiger partial charge in [-0.15, -0.1) is 0 Å². The standard InChI is InChI=1S/C14H21N3O2/c1-3-17-7-9(2)12(8-17)15-14(18)11-6-13(19-16-11)10-4-5-10/h6,9-10,12H,3-5,7-8H2,1-2H3,(H,15,18). The SMILES string of the molecule is CCN1CC(C)C(NC(=O)c2cc(C3CC3)on2)C1. The minimum atomic E-state index is -0.106. The highest BCUT2D eigenvalue weighted by molar-refractivity contribution is 5.92. The summed E-state index contributed by atoms with van der Waals surface area (Å²) in [6.45, 7) is 7.34. The van der Waals surface area contributed by atoms with Crippen LogP contribution < -0.4 is 5.32 Å². The first kappa shape index (κ1) is 12.7. The van der Waals surface area contributed by atoms with E-state index in [1.165, 1.54) is 0 Å². The normalized spacial score (nSPS) is 27.7. The number of hydrogen-bond acceptors (Lipinski definition) is 4. The Hall–Kier alpha value is -1.36. The predicted octanol–water partition coefficient (Wildman–Crippen LogP) is 1.62. The van der Waals surface area contributed by atoms with Crippen molar-refractivity contribution >= 4 is 5.91 Å². The maximum atomic E-state index is 12.1. The Labute approximate surface area is 113 Å². The maximum Gasteiger partial charge on any atom is 0.273 e. The highest BCUT2D eigenvalue weighted by atomic mass is 16.5. The van der Waals surface area contributed by atoms with Gasteiger partial charge in [0, 0.05) is 31.1 Å². The van der Waals surface area contributed by atoms with E-state index >= 15 is 0 Å². The molecule has 3 rings (SSSR count). The second-order valence-corrected chi connectivity index (χ2v) is 5.80. The third kappa shape index (κ3) is 2.66. The molecule has 2 atom stereocenters. The molecule has 1 saturated carbocycles. The van der Waals surface area contributed by atoms with Gasteiger partial charge in [-0.25, -0.2) is 0 Å². The first-order valence-corrected chi connectivity index (χ1v) is 7.17. The van der Waals surface area contributed by atoms with Crippen molar-refractivity contribution in [3.05, 3.63) is 17.5 Å².